The van der Waals surface area contributed by atoms with Gasteiger partial charge in [-0.3, -0.25) is 0 Å². The molecule has 2 heteroatoms. The van der Waals surface area contributed by atoms with E-state index in [2.05, 4.69) is 46.9 Å². The number of hydrogen-bond donors (Lipinski definition) is 2. The first-order valence-corrected chi connectivity index (χ1v) is 13.3. The summed E-state index contributed by atoms with van der Waals surface area (Å²) in [5.41, 5.74) is 4.49. The van der Waals surface area contributed by atoms with E-state index < -0.39 is 0 Å². The van der Waals surface area contributed by atoms with Crippen molar-refractivity contribution in [2.24, 2.45) is 34.5 Å². The third kappa shape index (κ3) is 3.53. The molecule has 172 valence electrons. The van der Waals surface area contributed by atoms with Crippen LogP contribution in [0.1, 0.15) is 112 Å². The van der Waals surface area contributed by atoms with Crippen molar-refractivity contribution in [2.45, 2.75) is 124 Å². The van der Waals surface area contributed by atoms with Crippen molar-refractivity contribution in [3.8, 4) is 0 Å². The molecule has 7 atom stereocenters. The maximum atomic E-state index is 10.3. The number of fused-ring (bicyclic) bond motifs is 4. The fourth-order valence-corrected chi connectivity index (χ4v) is 8.62. The van der Waals surface area contributed by atoms with E-state index in [4.69, 9.17) is 0 Å². The Labute approximate surface area is 186 Å². The molecule has 0 aromatic carbocycles. The summed E-state index contributed by atoms with van der Waals surface area (Å²) in [7, 11) is 0. The quantitative estimate of drug-likeness (QED) is 0.480. The van der Waals surface area contributed by atoms with Crippen LogP contribution in [0.4, 0.5) is 0 Å². The van der Waals surface area contributed by atoms with E-state index in [1.54, 1.807) is 5.57 Å². The normalized spacial score (nSPS) is 45.0. The van der Waals surface area contributed by atoms with Crippen molar-refractivity contribution in [3.05, 3.63) is 11.1 Å². The fourth-order valence-electron chi connectivity index (χ4n) is 8.62. The monoisotopic (exact) mass is 415 g/mol. The van der Waals surface area contributed by atoms with Gasteiger partial charge in [0.25, 0.3) is 0 Å². The van der Waals surface area contributed by atoms with Crippen LogP contribution < -0.4 is 5.32 Å². The number of rotatable bonds is 5. The summed E-state index contributed by atoms with van der Waals surface area (Å²) in [6, 6.07) is 0. The first-order chi connectivity index (χ1) is 14.1. The zero-order valence-corrected chi connectivity index (χ0v) is 20.8. The number of piperidine rings is 1. The van der Waals surface area contributed by atoms with Crippen LogP contribution in [0.3, 0.4) is 0 Å². The second-order valence-electron chi connectivity index (χ2n) is 12.7. The van der Waals surface area contributed by atoms with E-state index in [1.165, 1.54) is 64.3 Å². The summed E-state index contributed by atoms with van der Waals surface area (Å²) in [6.07, 6.45) is 13.9. The Hall–Kier alpha value is -0.340. The van der Waals surface area contributed by atoms with Crippen LogP contribution in [0.25, 0.3) is 0 Å². The van der Waals surface area contributed by atoms with E-state index in [1.807, 2.05) is 5.57 Å². The Bertz CT molecular complexity index is 668. The van der Waals surface area contributed by atoms with Crippen LogP contribution in [0.2, 0.25) is 0 Å². The molecule has 3 aliphatic carbocycles. The van der Waals surface area contributed by atoms with Gasteiger partial charge in [-0.15, -0.1) is 0 Å². The molecule has 1 saturated carbocycles. The molecule has 0 spiro atoms. The van der Waals surface area contributed by atoms with Gasteiger partial charge in [0, 0.05) is 5.54 Å². The maximum absolute atomic E-state index is 10.3. The average molecular weight is 416 g/mol. The van der Waals surface area contributed by atoms with Gasteiger partial charge in [0.15, 0.2) is 0 Å². The largest absolute Gasteiger partial charge is 0.393 e. The number of allylic oxidation sites excluding steroid dienone is 1. The van der Waals surface area contributed by atoms with Crippen molar-refractivity contribution in [2.75, 3.05) is 6.54 Å². The van der Waals surface area contributed by atoms with E-state index in [0.717, 1.165) is 30.6 Å². The maximum Gasteiger partial charge on any atom is 0.0543 e. The molecular formula is C28H49NO. The first-order valence-electron chi connectivity index (χ1n) is 13.3. The van der Waals surface area contributed by atoms with Gasteiger partial charge >= 0.3 is 0 Å². The highest BCUT2D eigenvalue weighted by Crippen LogP contribution is 2.64. The predicted octanol–water partition coefficient (Wildman–Crippen LogP) is 6.87. The predicted molar refractivity (Wildman–Crippen MR) is 127 cm³/mol. The SMILES string of the molecule is CC(C)CCC[C@@H](C)[C@H]1CCN[C@@]2(C)C3=C(CC[C@]12C)[C@@]1(C)CC[C@H](O)C[C@@H]1CC3. The molecule has 0 aromatic heterocycles. The van der Waals surface area contributed by atoms with Gasteiger partial charge in [0.05, 0.1) is 6.10 Å². The fraction of sp³-hybridized carbons (Fsp3) is 0.929. The Morgan fingerprint density at radius 1 is 0.967 bits per heavy atom. The molecule has 2 N–H and O–H groups in total. The number of aliphatic hydroxyl groups excluding tert-OH is 1. The minimum Gasteiger partial charge on any atom is -0.393 e. The smallest absolute Gasteiger partial charge is 0.0543 e. The van der Waals surface area contributed by atoms with Crippen LogP contribution in [-0.4, -0.2) is 23.3 Å². The lowest BCUT2D eigenvalue weighted by atomic mass is 9.45. The minimum absolute atomic E-state index is 0.0569. The van der Waals surface area contributed by atoms with Crippen molar-refractivity contribution in [3.63, 3.8) is 0 Å². The van der Waals surface area contributed by atoms with Crippen LogP contribution in [0.15, 0.2) is 11.1 Å². The molecule has 0 unspecified atom stereocenters. The summed E-state index contributed by atoms with van der Waals surface area (Å²) in [6.45, 7) is 16.3. The summed E-state index contributed by atoms with van der Waals surface area (Å²) >= 11 is 0. The number of aliphatic hydroxyl groups is 1. The van der Waals surface area contributed by atoms with Gasteiger partial charge < -0.3 is 10.4 Å². The highest BCUT2D eigenvalue weighted by atomic mass is 16.3. The molecule has 2 nitrogen and oxygen atoms in total. The van der Waals surface area contributed by atoms with Gasteiger partial charge in [-0.05, 0) is 99.3 Å². The van der Waals surface area contributed by atoms with Gasteiger partial charge in [0.1, 0.15) is 0 Å². The molecule has 4 rings (SSSR count). The lowest BCUT2D eigenvalue weighted by Crippen LogP contribution is -2.66. The van der Waals surface area contributed by atoms with Gasteiger partial charge in [-0.25, -0.2) is 0 Å². The Morgan fingerprint density at radius 3 is 2.47 bits per heavy atom. The van der Waals surface area contributed by atoms with E-state index in [-0.39, 0.29) is 11.6 Å². The molecule has 0 amide bonds. The average Bonchev–Trinajstić information content (AvgIpc) is 2.68. The van der Waals surface area contributed by atoms with Crippen LogP contribution >= 0.6 is 0 Å². The summed E-state index contributed by atoms with van der Waals surface area (Å²) < 4.78 is 0. The van der Waals surface area contributed by atoms with E-state index in [0.29, 0.717) is 16.7 Å². The zero-order valence-electron chi connectivity index (χ0n) is 20.8. The molecule has 30 heavy (non-hydrogen) atoms. The van der Waals surface area contributed by atoms with Crippen molar-refractivity contribution in [1.29, 1.82) is 0 Å². The van der Waals surface area contributed by atoms with Crippen molar-refractivity contribution >= 4 is 0 Å². The van der Waals surface area contributed by atoms with Gasteiger partial charge in [-0.2, -0.15) is 0 Å². The molecule has 1 heterocycles. The topological polar surface area (TPSA) is 32.3 Å². The molecule has 4 aliphatic rings. The van der Waals surface area contributed by atoms with Crippen LogP contribution in [-0.2, 0) is 0 Å². The molecule has 0 radical (unpaired) electrons. The minimum atomic E-state index is -0.0569. The Balaban J connectivity index is 1.62. The van der Waals surface area contributed by atoms with Gasteiger partial charge in [0.2, 0.25) is 0 Å². The molecule has 1 saturated heterocycles. The molecule has 0 aromatic rings. The highest BCUT2D eigenvalue weighted by molar-refractivity contribution is 5.40. The lowest BCUT2D eigenvalue weighted by molar-refractivity contribution is -0.0374. The molecule has 0 bridgehead atoms. The number of nitrogens with one attached hydrogen (secondary N) is 1. The molecular weight excluding hydrogens is 366 g/mol. The second kappa shape index (κ2) is 8.22. The summed E-state index contributed by atoms with van der Waals surface area (Å²) in [5, 5.41) is 14.4. The van der Waals surface area contributed by atoms with E-state index in [9.17, 15) is 5.11 Å². The highest BCUT2D eigenvalue weighted by Gasteiger charge is 2.59. The van der Waals surface area contributed by atoms with Crippen LogP contribution in [0, 0.1) is 34.5 Å². The first kappa shape index (κ1) is 22.8. The van der Waals surface area contributed by atoms with Crippen molar-refractivity contribution < 1.29 is 5.11 Å². The molecule has 1 aliphatic heterocycles. The molecule has 2 fully saturated rings. The Kier molecular flexibility index (Phi) is 6.26. The standard InChI is InChI=1S/C28H49NO/c1-19(2)8-7-9-20(3)23-14-17-29-28(6)25-11-10-21-18-22(30)12-15-26(21,4)24(25)13-16-27(23,28)5/h19-23,29-30H,7-18H2,1-6H3/t20-,21+,22+,23-,26+,27-,28+/m1/s1. The van der Waals surface area contributed by atoms with E-state index >= 15 is 0 Å². The second-order valence-corrected chi connectivity index (χ2v) is 12.7. The van der Waals surface area contributed by atoms with Gasteiger partial charge in [-0.1, -0.05) is 65.0 Å². The lowest BCUT2D eigenvalue weighted by Gasteiger charge is -2.64. The zero-order chi connectivity index (χ0) is 21.7. The summed E-state index contributed by atoms with van der Waals surface area (Å²) in [5.74, 6) is 3.19. The third-order valence-corrected chi connectivity index (χ3v) is 10.8. The van der Waals surface area contributed by atoms with Crippen molar-refractivity contribution in [1.82, 2.24) is 5.32 Å². The third-order valence-electron chi connectivity index (χ3n) is 10.8. The summed E-state index contributed by atoms with van der Waals surface area (Å²) in [4.78, 5) is 0. The number of hydrogen-bond acceptors (Lipinski definition) is 2. The van der Waals surface area contributed by atoms with Crippen LogP contribution in [0.5, 0.6) is 0 Å². The Morgan fingerprint density at radius 2 is 1.73 bits per heavy atom.